The number of hydrogen-bond acceptors (Lipinski definition) is 5. The number of carboxylic acid groups (broad SMARTS) is 1. The zero-order chi connectivity index (χ0) is 29.9. The number of nitrogens with one attached hydrogen (secondary N) is 1. The Labute approximate surface area is 248 Å². The Morgan fingerprint density at radius 1 is 1.05 bits per heavy atom. The van der Waals surface area contributed by atoms with Crippen LogP contribution in [0.1, 0.15) is 77.8 Å². The number of carboxylic acids is 1. The molecule has 0 aliphatic rings. The third-order valence-corrected chi connectivity index (χ3v) is 7.41. The smallest absolute Gasteiger partial charge is 0.335 e. The summed E-state index contributed by atoms with van der Waals surface area (Å²) in [5.74, 6) is -0.168. The van der Waals surface area contributed by atoms with E-state index in [2.05, 4.69) is 43.7 Å². The van der Waals surface area contributed by atoms with E-state index in [1.54, 1.807) is 42.4 Å². The number of aryl methyl sites for hydroxylation is 1. The normalized spacial score (nSPS) is 12.6. The standard InChI is InChI=1S/C32H42N4O4S/c1-5-6-12-29-33-19-27(36(29)20-24-13-15-25(16-14-24)32(39)40)30(37)34-26(18-23-10-8-7-9-11-23)21-35(4)31(38)28(41)17-22(2)3/h7-11,13-16,19,22,26,28,41H,5-6,12,17-18,20-21H2,1-4H3,(H,34,37)(H,39,40)/t26?,28-/m0/s1. The van der Waals surface area contributed by atoms with E-state index in [-0.39, 0.29) is 23.4 Å². The third kappa shape index (κ3) is 9.49. The summed E-state index contributed by atoms with van der Waals surface area (Å²) in [5, 5.41) is 12.0. The molecule has 1 unspecified atom stereocenters. The van der Waals surface area contributed by atoms with Crippen molar-refractivity contribution in [2.24, 2.45) is 5.92 Å². The maximum atomic E-state index is 13.7. The van der Waals surface area contributed by atoms with Crippen molar-refractivity contribution in [3.8, 4) is 0 Å². The molecule has 220 valence electrons. The Hall–Kier alpha value is -3.59. The number of likely N-dealkylation sites (N-methyl/N-ethyl adjacent to an activating group) is 1. The SMILES string of the molecule is CCCCc1ncc(C(=O)NC(Cc2ccccc2)CN(C)C(=O)[C@@H](S)CC(C)C)n1Cc1ccc(C(=O)O)cc1. The van der Waals surface area contributed by atoms with Crippen LogP contribution in [0.2, 0.25) is 0 Å². The van der Waals surface area contributed by atoms with Crippen LogP contribution in [0.25, 0.3) is 0 Å². The van der Waals surface area contributed by atoms with Gasteiger partial charge in [-0.05, 0) is 48.4 Å². The molecule has 0 bridgehead atoms. The van der Waals surface area contributed by atoms with Crippen molar-refractivity contribution in [2.45, 2.75) is 70.7 Å². The molecule has 0 radical (unpaired) electrons. The molecule has 3 rings (SSSR count). The van der Waals surface area contributed by atoms with E-state index in [4.69, 9.17) is 0 Å². The Morgan fingerprint density at radius 3 is 2.34 bits per heavy atom. The molecule has 2 amide bonds. The fourth-order valence-corrected chi connectivity index (χ4v) is 5.40. The van der Waals surface area contributed by atoms with Gasteiger partial charge in [-0.15, -0.1) is 0 Å². The molecule has 0 saturated heterocycles. The quantitative estimate of drug-likeness (QED) is 0.217. The van der Waals surface area contributed by atoms with E-state index in [0.29, 0.717) is 37.5 Å². The van der Waals surface area contributed by atoms with Crippen molar-refractivity contribution in [3.05, 3.63) is 89.0 Å². The molecule has 1 heterocycles. The maximum Gasteiger partial charge on any atom is 0.335 e. The first-order valence-corrected chi connectivity index (χ1v) is 14.7. The number of carbonyl (C=O) groups is 3. The lowest BCUT2D eigenvalue weighted by atomic mass is 10.0. The first-order chi connectivity index (χ1) is 19.6. The van der Waals surface area contributed by atoms with Crippen molar-refractivity contribution in [1.29, 1.82) is 0 Å². The summed E-state index contributed by atoms with van der Waals surface area (Å²) in [5.41, 5.74) is 2.56. The zero-order valence-electron chi connectivity index (χ0n) is 24.4. The van der Waals surface area contributed by atoms with E-state index >= 15 is 0 Å². The molecule has 9 heteroatoms. The molecule has 3 aromatic rings. The average molecular weight is 579 g/mol. The Bertz CT molecular complexity index is 1290. The monoisotopic (exact) mass is 578 g/mol. The molecule has 0 aliphatic heterocycles. The van der Waals surface area contributed by atoms with Crippen LogP contribution < -0.4 is 5.32 Å². The molecule has 0 aliphatic carbocycles. The minimum atomic E-state index is -0.982. The second kappa shape index (κ2) is 15.4. The number of benzene rings is 2. The molecule has 2 atom stereocenters. The van der Waals surface area contributed by atoms with E-state index in [0.717, 1.165) is 36.2 Å². The van der Waals surface area contributed by atoms with Gasteiger partial charge in [0.2, 0.25) is 5.91 Å². The van der Waals surface area contributed by atoms with Crippen LogP contribution >= 0.6 is 12.6 Å². The van der Waals surface area contributed by atoms with Crippen molar-refractivity contribution < 1.29 is 19.5 Å². The van der Waals surface area contributed by atoms with Gasteiger partial charge in [0.1, 0.15) is 11.5 Å². The lowest BCUT2D eigenvalue weighted by Gasteiger charge is -2.27. The van der Waals surface area contributed by atoms with Crippen LogP contribution in [0, 0.1) is 5.92 Å². The third-order valence-electron chi connectivity index (χ3n) is 6.98. The predicted octanol–water partition coefficient (Wildman–Crippen LogP) is 5.12. The predicted molar refractivity (Wildman–Crippen MR) is 165 cm³/mol. The van der Waals surface area contributed by atoms with Gasteiger partial charge in [-0.3, -0.25) is 9.59 Å². The number of aromatic nitrogens is 2. The van der Waals surface area contributed by atoms with Crippen LogP contribution in [-0.4, -0.2) is 62.2 Å². The van der Waals surface area contributed by atoms with Crippen LogP contribution in [0.5, 0.6) is 0 Å². The van der Waals surface area contributed by atoms with Gasteiger partial charge in [-0.25, -0.2) is 9.78 Å². The van der Waals surface area contributed by atoms with Crippen LogP contribution in [0.4, 0.5) is 0 Å². The summed E-state index contributed by atoms with van der Waals surface area (Å²) in [7, 11) is 1.75. The van der Waals surface area contributed by atoms with Crippen LogP contribution in [-0.2, 0) is 24.2 Å². The highest BCUT2D eigenvalue weighted by Crippen LogP contribution is 2.16. The number of nitrogens with zero attached hydrogens (tertiary/aromatic N) is 3. The highest BCUT2D eigenvalue weighted by atomic mass is 32.1. The molecule has 2 aromatic carbocycles. The van der Waals surface area contributed by atoms with Gasteiger partial charge in [0.15, 0.2) is 0 Å². The van der Waals surface area contributed by atoms with Crippen LogP contribution in [0.3, 0.4) is 0 Å². The summed E-state index contributed by atoms with van der Waals surface area (Å²) >= 11 is 4.54. The molecule has 1 aromatic heterocycles. The number of unbranched alkanes of at least 4 members (excludes halogenated alkanes) is 1. The Morgan fingerprint density at radius 2 is 1.73 bits per heavy atom. The van der Waals surface area contributed by atoms with E-state index in [1.165, 1.54) is 0 Å². The lowest BCUT2D eigenvalue weighted by Crippen LogP contribution is -2.47. The number of imidazole rings is 1. The molecular weight excluding hydrogens is 536 g/mol. The molecule has 2 N–H and O–H groups in total. The van der Waals surface area contributed by atoms with E-state index < -0.39 is 11.2 Å². The van der Waals surface area contributed by atoms with E-state index in [1.807, 2.05) is 34.9 Å². The zero-order valence-corrected chi connectivity index (χ0v) is 25.3. The number of amides is 2. The first-order valence-electron chi connectivity index (χ1n) is 14.2. The number of carbonyl (C=O) groups excluding carboxylic acids is 2. The fourth-order valence-electron chi connectivity index (χ4n) is 4.78. The van der Waals surface area contributed by atoms with Gasteiger partial charge in [0.25, 0.3) is 5.91 Å². The number of rotatable bonds is 15. The summed E-state index contributed by atoms with van der Waals surface area (Å²) in [4.78, 5) is 44.3. The van der Waals surface area contributed by atoms with Crippen molar-refractivity contribution >= 4 is 30.4 Å². The first kappa shape index (κ1) is 31.9. The molecular formula is C32H42N4O4S. The summed E-state index contributed by atoms with van der Waals surface area (Å²) in [6.07, 6.45) is 5.48. The van der Waals surface area contributed by atoms with Gasteiger partial charge in [0, 0.05) is 26.6 Å². The van der Waals surface area contributed by atoms with Gasteiger partial charge in [0.05, 0.1) is 23.1 Å². The molecule has 0 saturated carbocycles. The van der Waals surface area contributed by atoms with Crippen molar-refractivity contribution in [1.82, 2.24) is 19.8 Å². The highest BCUT2D eigenvalue weighted by molar-refractivity contribution is 7.81. The largest absolute Gasteiger partial charge is 0.478 e. The molecule has 41 heavy (non-hydrogen) atoms. The highest BCUT2D eigenvalue weighted by Gasteiger charge is 2.25. The summed E-state index contributed by atoms with van der Waals surface area (Å²) in [6.45, 7) is 6.96. The van der Waals surface area contributed by atoms with Gasteiger partial charge < -0.3 is 19.9 Å². The van der Waals surface area contributed by atoms with Crippen LogP contribution in [0.15, 0.2) is 60.8 Å². The Kier molecular flexibility index (Phi) is 12.0. The maximum absolute atomic E-state index is 13.7. The van der Waals surface area contributed by atoms with Gasteiger partial charge in [-0.1, -0.05) is 69.7 Å². The number of thiol groups is 1. The summed E-state index contributed by atoms with van der Waals surface area (Å²) in [6, 6.07) is 16.2. The number of hydrogen-bond donors (Lipinski definition) is 3. The average Bonchev–Trinajstić information content (AvgIpc) is 3.34. The minimum absolute atomic E-state index is 0.0638. The number of aromatic carboxylic acids is 1. The molecule has 8 nitrogen and oxygen atoms in total. The van der Waals surface area contributed by atoms with Crippen molar-refractivity contribution in [2.75, 3.05) is 13.6 Å². The fraction of sp³-hybridized carbons (Fsp3) is 0.438. The van der Waals surface area contributed by atoms with Gasteiger partial charge >= 0.3 is 5.97 Å². The topological polar surface area (TPSA) is 105 Å². The van der Waals surface area contributed by atoms with Crippen molar-refractivity contribution in [3.63, 3.8) is 0 Å². The lowest BCUT2D eigenvalue weighted by molar-refractivity contribution is -0.129. The summed E-state index contributed by atoms with van der Waals surface area (Å²) < 4.78 is 1.90. The molecule has 0 fully saturated rings. The second-order valence-corrected chi connectivity index (χ2v) is 11.6. The second-order valence-electron chi connectivity index (χ2n) is 11.0. The van der Waals surface area contributed by atoms with E-state index in [9.17, 15) is 19.5 Å². The Balaban J connectivity index is 1.85. The molecule has 0 spiro atoms. The minimum Gasteiger partial charge on any atom is -0.478 e. The van der Waals surface area contributed by atoms with Gasteiger partial charge in [-0.2, -0.15) is 12.6 Å².